The summed E-state index contributed by atoms with van der Waals surface area (Å²) in [5.41, 5.74) is 5.18. The monoisotopic (exact) mass is 310 g/mol. The predicted octanol–water partition coefficient (Wildman–Crippen LogP) is 0.400. The molecule has 0 heterocycles. The Kier molecular flexibility index (Phi) is 9.58. The van der Waals surface area contributed by atoms with Crippen LogP contribution in [-0.4, -0.2) is 17.1 Å². The number of carboxylic acid groups (broad SMARTS) is 1. The van der Waals surface area contributed by atoms with Crippen LogP contribution in [-0.2, 0) is 30.6 Å². The Labute approximate surface area is 79.8 Å². The van der Waals surface area contributed by atoms with Crippen molar-refractivity contribution in [3.63, 3.8) is 0 Å². The van der Waals surface area contributed by atoms with E-state index in [2.05, 4.69) is 6.92 Å². The van der Waals surface area contributed by atoms with E-state index in [-0.39, 0.29) is 25.8 Å². The van der Waals surface area contributed by atoms with Crippen LogP contribution in [0.2, 0.25) is 0 Å². The first-order chi connectivity index (χ1) is 4.18. The van der Waals surface area contributed by atoms with Crippen LogP contribution in [0.4, 0.5) is 0 Å². The van der Waals surface area contributed by atoms with Gasteiger partial charge in [0.1, 0.15) is 6.04 Å². The molecule has 0 spiro atoms. The molecule has 1 atom stereocenters. The number of hydrogen-bond donors (Lipinski definition) is 2. The van der Waals surface area contributed by atoms with Gasteiger partial charge in [-0.25, -0.2) is 0 Å². The molecule has 0 saturated heterocycles. The number of hydrogen-bond acceptors (Lipinski definition) is 2. The zero-order valence-electron chi connectivity index (χ0n) is 5.84. The Morgan fingerprint density at radius 3 is 2.50 bits per heavy atom. The fourth-order valence-corrected chi connectivity index (χ4v) is 0.488. The van der Waals surface area contributed by atoms with E-state index in [4.69, 9.17) is 10.8 Å². The molecule has 3 N–H and O–H groups in total. The fraction of sp³-hybridized carbons (Fsp3) is 0.667. The standard InChI is InChI=1S/C6H12NO2.Hf/c1-2-3-4-5(7)6(8)9;/h5H,1-4,7H2,(H,8,9);/q-1;. The van der Waals surface area contributed by atoms with Crippen molar-refractivity contribution in [3.8, 4) is 0 Å². The number of rotatable bonds is 4. The maximum Gasteiger partial charge on any atom is 0.320 e. The van der Waals surface area contributed by atoms with Crippen molar-refractivity contribution in [2.24, 2.45) is 5.73 Å². The summed E-state index contributed by atoms with van der Waals surface area (Å²) in [6.07, 6.45) is 2.06. The minimum absolute atomic E-state index is 0. The third kappa shape index (κ3) is 6.42. The number of unbranched alkanes of at least 4 members (excludes halogenated alkanes) is 1. The Bertz CT molecular complexity index is 97.7. The van der Waals surface area contributed by atoms with Crippen LogP contribution in [0.1, 0.15) is 19.3 Å². The number of carboxylic acids is 1. The van der Waals surface area contributed by atoms with Gasteiger partial charge in [0.05, 0.1) is 0 Å². The van der Waals surface area contributed by atoms with Gasteiger partial charge in [-0.3, -0.25) is 4.79 Å². The average molecular weight is 309 g/mol. The van der Waals surface area contributed by atoms with Gasteiger partial charge in [0.25, 0.3) is 0 Å². The SMILES string of the molecule is [CH2-]CCCC(N)C(=O)O.[Hf]. The molecule has 0 aliphatic heterocycles. The quantitative estimate of drug-likeness (QED) is 0.584. The largest absolute Gasteiger partial charge is 0.480 e. The van der Waals surface area contributed by atoms with Gasteiger partial charge in [-0.2, -0.15) is 6.42 Å². The van der Waals surface area contributed by atoms with E-state index in [0.717, 1.165) is 12.8 Å². The molecule has 58 valence electrons. The summed E-state index contributed by atoms with van der Waals surface area (Å²) in [4.78, 5) is 10.1. The molecule has 0 aliphatic carbocycles. The molecular formula is C6H12HfNO2-. The van der Waals surface area contributed by atoms with Gasteiger partial charge in [0.2, 0.25) is 0 Å². The molecule has 0 bridgehead atoms. The van der Waals surface area contributed by atoms with Gasteiger partial charge >= 0.3 is 5.97 Å². The van der Waals surface area contributed by atoms with Crippen LogP contribution in [0, 0.1) is 6.92 Å². The summed E-state index contributed by atoms with van der Waals surface area (Å²) >= 11 is 0. The van der Waals surface area contributed by atoms with Crippen molar-refractivity contribution in [2.75, 3.05) is 0 Å². The molecule has 0 aromatic heterocycles. The van der Waals surface area contributed by atoms with Gasteiger partial charge in [0.15, 0.2) is 0 Å². The van der Waals surface area contributed by atoms with Gasteiger partial charge in [-0.05, 0) is 6.42 Å². The van der Waals surface area contributed by atoms with Crippen LogP contribution in [0.3, 0.4) is 0 Å². The molecule has 0 aromatic carbocycles. The Balaban J connectivity index is 0. The van der Waals surface area contributed by atoms with Crippen molar-refractivity contribution in [1.82, 2.24) is 0 Å². The maximum absolute atomic E-state index is 10.1. The van der Waals surface area contributed by atoms with Crippen molar-refractivity contribution in [1.29, 1.82) is 0 Å². The van der Waals surface area contributed by atoms with Crippen molar-refractivity contribution >= 4 is 5.97 Å². The molecule has 0 radical (unpaired) electrons. The molecular weight excluding hydrogens is 297 g/mol. The molecule has 0 saturated carbocycles. The van der Waals surface area contributed by atoms with Gasteiger partial charge in [-0.1, -0.05) is 6.42 Å². The van der Waals surface area contributed by atoms with Crippen molar-refractivity contribution in [3.05, 3.63) is 6.92 Å². The van der Waals surface area contributed by atoms with E-state index >= 15 is 0 Å². The first kappa shape index (κ1) is 12.9. The van der Waals surface area contributed by atoms with E-state index in [9.17, 15) is 4.79 Å². The van der Waals surface area contributed by atoms with Crippen LogP contribution < -0.4 is 5.73 Å². The molecule has 0 rings (SSSR count). The van der Waals surface area contributed by atoms with E-state index in [1.807, 2.05) is 0 Å². The van der Waals surface area contributed by atoms with E-state index < -0.39 is 12.0 Å². The summed E-state index contributed by atoms with van der Waals surface area (Å²) in [5.74, 6) is -0.927. The molecule has 0 amide bonds. The predicted molar refractivity (Wildman–Crippen MR) is 34.8 cm³/mol. The first-order valence-corrected chi connectivity index (χ1v) is 2.96. The minimum atomic E-state index is -0.927. The average Bonchev–Trinajstić information content (AvgIpc) is 1.82. The van der Waals surface area contributed by atoms with E-state index in [1.165, 1.54) is 0 Å². The normalized spacial score (nSPS) is 11.8. The van der Waals surface area contributed by atoms with E-state index in [1.54, 1.807) is 0 Å². The minimum Gasteiger partial charge on any atom is -0.480 e. The number of carbonyl (C=O) groups is 1. The van der Waals surface area contributed by atoms with Gasteiger partial charge in [-0.15, -0.1) is 0 Å². The second kappa shape index (κ2) is 7.41. The Morgan fingerprint density at radius 2 is 2.20 bits per heavy atom. The summed E-state index contributed by atoms with van der Waals surface area (Å²) in [5, 5.41) is 8.26. The van der Waals surface area contributed by atoms with Crippen LogP contribution >= 0.6 is 0 Å². The van der Waals surface area contributed by atoms with E-state index in [0.29, 0.717) is 6.42 Å². The molecule has 0 fully saturated rings. The molecule has 0 aromatic rings. The van der Waals surface area contributed by atoms with Gasteiger partial charge in [0, 0.05) is 25.8 Å². The Hall–Kier alpha value is 0.300. The molecule has 0 aliphatic rings. The van der Waals surface area contributed by atoms with Crippen LogP contribution in [0.5, 0.6) is 0 Å². The smallest absolute Gasteiger partial charge is 0.320 e. The topological polar surface area (TPSA) is 63.3 Å². The second-order valence-corrected chi connectivity index (χ2v) is 1.94. The molecule has 1 unspecified atom stereocenters. The Morgan fingerprint density at radius 1 is 1.70 bits per heavy atom. The number of nitrogens with two attached hydrogens (primary N) is 1. The summed E-state index contributed by atoms with van der Waals surface area (Å²) in [6.45, 7) is 3.57. The third-order valence-corrected chi connectivity index (χ3v) is 1.08. The molecule has 4 heteroatoms. The van der Waals surface area contributed by atoms with Gasteiger partial charge < -0.3 is 17.8 Å². The van der Waals surface area contributed by atoms with Crippen molar-refractivity contribution < 1.29 is 35.7 Å². The van der Waals surface area contributed by atoms with Crippen LogP contribution in [0.25, 0.3) is 0 Å². The van der Waals surface area contributed by atoms with Crippen molar-refractivity contribution in [2.45, 2.75) is 25.3 Å². The zero-order chi connectivity index (χ0) is 7.28. The molecule has 3 nitrogen and oxygen atoms in total. The third-order valence-electron chi connectivity index (χ3n) is 1.08. The summed E-state index contributed by atoms with van der Waals surface area (Å²) in [7, 11) is 0. The zero-order valence-corrected chi connectivity index (χ0v) is 9.43. The summed E-state index contributed by atoms with van der Waals surface area (Å²) < 4.78 is 0. The second-order valence-electron chi connectivity index (χ2n) is 1.94. The van der Waals surface area contributed by atoms with Crippen LogP contribution in [0.15, 0.2) is 0 Å². The number of aliphatic carboxylic acids is 1. The fourth-order valence-electron chi connectivity index (χ4n) is 0.488. The maximum atomic E-state index is 10.1. The summed E-state index contributed by atoms with van der Waals surface area (Å²) in [6, 6.07) is -0.702. The first-order valence-electron chi connectivity index (χ1n) is 2.96. The molecule has 10 heavy (non-hydrogen) atoms.